The zero-order valence-corrected chi connectivity index (χ0v) is 12.3. The first-order valence-corrected chi connectivity index (χ1v) is 7.24. The van der Waals surface area contributed by atoms with Crippen molar-refractivity contribution in [3.8, 4) is 5.75 Å². The van der Waals surface area contributed by atoms with Gasteiger partial charge in [0.15, 0.2) is 6.61 Å². The lowest BCUT2D eigenvalue weighted by Gasteiger charge is -2.26. The summed E-state index contributed by atoms with van der Waals surface area (Å²) in [5.41, 5.74) is 7.78. The summed E-state index contributed by atoms with van der Waals surface area (Å²) in [6, 6.07) is 6.32. The van der Waals surface area contributed by atoms with E-state index in [4.69, 9.17) is 10.5 Å². The van der Waals surface area contributed by atoms with Crippen molar-refractivity contribution in [2.24, 2.45) is 10.8 Å². The first-order valence-electron chi connectivity index (χ1n) is 7.24. The van der Waals surface area contributed by atoms with Crippen LogP contribution in [0.1, 0.15) is 24.8 Å². The molecule has 1 heterocycles. The SMILES string of the molecule is NC(=O)N/N=C/c1ccc(OCC(=O)N2CCCCC2)cc1. The number of urea groups is 1. The number of nitrogens with two attached hydrogens (primary N) is 1. The molecule has 0 atom stereocenters. The number of amides is 3. The standard InChI is InChI=1S/C15H20N4O3/c16-15(21)18-17-10-12-4-6-13(7-5-12)22-11-14(20)19-8-2-1-3-9-19/h4-7,10H,1-3,8-9,11H2,(H3,16,18,21)/b17-10+. The van der Waals surface area contributed by atoms with Crippen LogP contribution in [0.25, 0.3) is 0 Å². The number of hydrogen-bond acceptors (Lipinski definition) is 4. The normalized spacial score (nSPS) is 14.8. The first kappa shape index (κ1) is 15.8. The number of rotatable bonds is 5. The Bertz CT molecular complexity index is 536. The Labute approximate surface area is 129 Å². The van der Waals surface area contributed by atoms with Crippen molar-refractivity contribution in [2.45, 2.75) is 19.3 Å². The van der Waals surface area contributed by atoms with E-state index in [1.165, 1.54) is 12.6 Å². The van der Waals surface area contributed by atoms with E-state index in [-0.39, 0.29) is 12.5 Å². The van der Waals surface area contributed by atoms with Gasteiger partial charge in [-0.3, -0.25) is 4.79 Å². The molecule has 0 bridgehead atoms. The Balaban J connectivity index is 1.79. The maximum absolute atomic E-state index is 12.0. The average Bonchev–Trinajstić information content (AvgIpc) is 2.54. The van der Waals surface area contributed by atoms with Gasteiger partial charge in [0.2, 0.25) is 0 Å². The highest BCUT2D eigenvalue weighted by Crippen LogP contribution is 2.13. The Morgan fingerprint density at radius 2 is 1.91 bits per heavy atom. The van der Waals surface area contributed by atoms with Gasteiger partial charge < -0.3 is 15.4 Å². The minimum absolute atomic E-state index is 0.0241. The van der Waals surface area contributed by atoms with Crippen molar-refractivity contribution in [3.05, 3.63) is 29.8 Å². The van der Waals surface area contributed by atoms with Crippen LogP contribution in [0.2, 0.25) is 0 Å². The zero-order valence-electron chi connectivity index (χ0n) is 12.3. The number of carbonyl (C=O) groups is 2. The van der Waals surface area contributed by atoms with E-state index < -0.39 is 6.03 Å². The number of hydrogen-bond donors (Lipinski definition) is 2. The molecule has 3 amide bonds. The highest BCUT2D eigenvalue weighted by atomic mass is 16.5. The number of hydrazone groups is 1. The summed E-state index contributed by atoms with van der Waals surface area (Å²) in [5, 5.41) is 3.66. The van der Waals surface area contributed by atoms with Gasteiger partial charge in [-0.2, -0.15) is 5.10 Å². The molecule has 1 fully saturated rings. The van der Waals surface area contributed by atoms with Gasteiger partial charge in [-0.1, -0.05) is 0 Å². The number of ether oxygens (including phenoxy) is 1. The molecule has 118 valence electrons. The highest BCUT2D eigenvalue weighted by Gasteiger charge is 2.16. The van der Waals surface area contributed by atoms with Crippen LogP contribution in [0.3, 0.4) is 0 Å². The number of likely N-dealkylation sites (tertiary alicyclic amines) is 1. The van der Waals surface area contributed by atoms with Crippen LogP contribution in [0, 0.1) is 0 Å². The average molecular weight is 304 g/mol. The summed E-state index contributed by atoms with van der Waals surface area (Å²) in [6.07, 6.45) is 4.80. The number of primary amides is 1. The van der Waals surface area contributed by atoms with Gasteiger partial charge in [0.25, 0.3) is 5.91 Å². The second-order valence-electron chi connectivity index (χ2n) is 5.03. The number of piperidine rings is 1. The number of nitrogens with zero attached hydrogens (tertiary/aromatic N) is 2. The summed E-state index contributed by atoms with van der Waals surface area (Å²) >= 11 is 0. The van der Waals surface area contributed by atoms with E-state index in [2.05, 4.69) is 10.5 Å². The topological polar surface area (TPSA) is 97.0 Å². The molecule has 7 nitrogen and oxygen atoms in total. The van der Waals surface area contributed by atoms with Crippen molar-refractivity contribution in [3.63, 3.8) is 0 Å². The molecule has 1 aromatic rings. The predicted molar refractivity (Wildman–Crippen MR) is 82.7 cm³/mol. The molecule has 7 heteroatoms. The third-order valence-electron chi connectivity index (χ3n) is 3.34. The number of nitrogens with one attached hydrogen (secondary N) is 1. The molecule has 0 saturated carbocycles. The molecule has 0 spiro atoms. The third kappa shape index (κ3) is 5.08. The van der Waals surface area contributed by atoms with E-state index in [0.29, 0.717) is 5.75 Å². The molecule has 1 aliphatic heterocycles. The zero-order chi connectivity index (χ0) is 15.8. The van der Waals surface area contributed by atoms with Crippen LogP contribution in [-0.2, 0) is 4.79 Å². The molecular formula is C15H20N4O3. The fourth-order valence-electron chi connectivity index (χ4n) is 2.20. The molecule has 0 radical (unpaired) electrons. The van der Waals surface area contributed by atoms with E-state index in [0.717, 1.165) is 31.5 Å². The molecular weight excluding hydrogens is 284 g/mol. The van der Waals surface area contributed by atoms with Crippen molar-refractivity contribution < 1.29 is 14.3 Å². The summed E-state index contributed by atoms with van der Waals surface area (Å²) in [6.45, 7) is 1.70. The van der Waals surface area contributed by atoms with Crippen LogP contribution in [-0.4, -0.2) is 42.7 Å². The molecule has 2 rings (SSSR count). The van der Waals surface area contributed by atoms with Crippen LogP contribution in [0.5, 0.6) is 5.75 Å². The molecule has 1 aromatic carbocycles. The molecule has 0 unspecified atom stereocenters. The molecule has 1 saturated heterocycles. The van der Waals surface area contributed by atoms with E-state index in [9.17, 15) is 9.59 Å². The first-order chi connectivity index (χ1) is 10.6. The fraction of sp³-hybridized carbons (Fsp3) is 0.400. The van der Waals surface area contributed by atoms with Gasteiger partial charge in [-0.05, 0) is 49.1 Å². The Morgan fingerprint density at radius 1 is 1.23 bits per heavy atom. The largest absolute Gasteiger partial charge is 0.484 e. The van der Waals surface area contributed by atoms with Gasteiger partial charge in [-0.15, -0.1) is 0 Å². The van der Waals surface area contributed by atoms with Crippen LogP contribution in [0.15, 0.2) is 29.4 Å². The lowest BCUT2D eigenvalue weighted by atomic mass is 10.1. The van der Waals surface area contributed by atoms with Crippen molar-refractivity contribution >= 4 is 18.2 Å². The summed E-state index contributed by atoms with van der Waals surface area (Å²) < 4.78 is 5.49. The molecule has 22 heavy (non-hydrogen) atoms. The van der Waals surface area contributed by atoms with E-state index in [1.54, 1.807) is 24.3 Å². The van der Waals surface area contributed by atoms with E-state index >= 15 is 0 Å². The summed E-state index contributed by atoms with van der Waals surface area (Å²) in [4.78, 5) is 24.3. The second-order valence-corrected chi connectivity index (χ2v) is 5.03. The lowest BCUT2D eigenvalue weighted by molar-refractivity contribution is -0.134. The van der Waals surface area contributed by atoms with Crippen molar-refractivity contribution in [1.82, 2.24) is 10.3 Å². The van der Waals surface area contributed by atoms with Crippen molar-refractivity contribution in [2.75, 3.05) is 19.7 Å². The maximum atomic E-state index is 12.0. The molecule has 0 aromatic heterocycles. The summed E-state index contributed by atoms with van der Waals surface area (Å²) in [5.74, 6) is 0.640. The summed E-state index contributed by atoms with van der Waals surface area (Å²) in [7, 11) is 0. The van der Waals surface area contributed by atoms with E-state index in [1.807, 2.05) is 4.90 Å². The predicted octanol–water partition coefficient (Wildman–Crippen LogP) is 1.08. The Hall–Kier alpha value is -2.57. The Kier molecular flexibility index (Phi) is 5.76. The molecule has 3 N–H and O–H groups in total. The smallest absolute Gasteiger partial charge is 0.332 e. The minimum Gasteiger partial charge on any atom is -0.484 e. The maximum Gasteiger partial charge on any atom is 0.332 e. The molecule has 0 aliphatic carbocycles. The third-order valence-corrected chi connectivity index (χ3v) is 3.34. The number of carbonyl (C=O) groups excluding carboxylic acids is 2. The van der Waals surface area contributed by atoms with Gasteiger partial charge in [0.1, 0.15) is 5.75 Å². The Morgan fingerprint density at radius 3 is 2.55 bits per heavy atom. The van der Waals surface area contributed by atoms with Crippen LogP contribution >= 0.6 is 0 Å². The van der Waals surface area contributed by atoms with Gasteiger partial charge in [-0.25, -0.2) is 10.2 Å². The fourth-order valence-corrected chi connectivity index (χ4v) is 2.20. The second kappa shape index (κ2) is 8.02. The van der Waals surface area contributed by atoms with Crippen LogP contribution in [0.4, 0.5) is 4.79 Å². The quantitative estimate of drug-likeness (QED) is 0.629. The van der Waals surface area contributed by atoms with Gasteiger partial charge in [0.05, 0.1) is 6.21 Å². The van der Waals surface area contributed by atoms with Crippen molar-refractivity contribution in [1.29, 1.82) is 0 Å². The number of benzene rings is 1. The lowest BCUT2D eigenvalue weighted by Crippen LogP contribution is -2.38. The van der Waals surface area contributed by atoms with Gasteiger partial charge >= 0.3 is 6.03 Å². The monoisotopic (exact) mass is 304 g/mol. The minimum atomic E-state index is -0.715. The molecule has 1 aliphatic rings. The van der Waals surface area contributed by atoms with Crippen LogP contribution < -0.4 is 15.9 Å². The van der Waals surface area contributed by atoms with Gasteiger partial charge in [0, 0.05) is 13.1 Å². The highest BCUT2D eigenvalue weighted by molar-refractivity contribution is 5.81.